The Kier molecular flexibility index (Phi) is 3.01. The fourth-order valence-corrected chi connectivity index (χ4v) is 1.30. The molecular weight excluding hydrogens is 218 g/mol. The fourth-order valence-electron chi connectivity index (χ4n) is 0.884. The summed E-state index contributed by atoms with van der Waals surface area (Å²) in [5.41, 5.74) is 0.724. The van der Waals surface area contributed by atoms with Crippen molar-refractivity contribution in [1.29, 1.82) is 5.26 Å². The van der Waals surface area contributed by atoms with Crippen LogP contribution >= 0.6 is 15.9 Å². The third kappa shape index (κ3) is 1.93. The van der Waals surface area contributed by atoms with Gasteiger partial charge >= 0.3 is 0 Å². The second kappa shape index (κ2) is 4.03. The highest BCUT2D eigenvalue weighted by molar-refractivity contribution is 9.10. The van der Waals surface area contributed by atoms with Gasteiger partial charge in [0.15, 0.2) is 0 Å². The minimum absolute atomic E-state index is 0.641. The highest BCUT2D eigenvalue weighted by Gasteiger charge is 2.07. The average molecular weight is 224 g/mol. The molecule has 0 aromatic heterocycles. The summed E-state index contributed by atoms with van der Waals surface area (Å²) < 4.78 is 0.877. The Labute approximate surface area is 78.9 Å². The number of aldehydes is 1. The third-order valence-corrected chi connectivity index (χ3v) is 1.98. The fraction of sp³-hybridized carbons (Fsp3) is 0.111. The normalized spacial score (nSPS) is 11.7. The molecule has 1 aromatic carbocycles. The molecule has 1 rings (SSSR count). The maximum Gasteiger partial charge on any atom is 0.141 e. The molecule has 12 heavy (non-hydrogen) atoms. The zero-order valence-electron chi connectivity index (χ0n) is 6.20. The van der Waals surface area contributed by atoms with E-state index in [9.17, 15) is 4.79 Å². The topological polar surface area (TPSA) is 40.9 Å². The number of nitriles is 1. The quantitative estimate of drug-likeness (QED) is 0.723. The van der Waals surface area contributed by atoms with Crippen molar-refractivity contribution in [2.24, 2.45) is 0 Å². The molecule has 0 spiro atoms. The molecular formula is C9H6BrNO. The van der Waals surface area contributed by atoms with E-state index in [1.165, 1.54) is 0 Å². The zero-order chi connectivity index (χ0) is 8.97. The Bertz CT molecular complexity index is 330. The van der Waals surface area contributed by atoms with Gasteiger partial charge in [-0.05, 0) is 17.7 Å². The smallest absolute Gasteiger partial charge is 0.141 e. The lowest BCUT2D eigenvalue weighted by molar-refractivity contribution is -0.108. The van der Waals surface area contributed by atoms with E-state index in [1.807, 2.05) is 12.1 Å². The van der Waals surface area contributed by atoms with Gasteiger partial charge in [-0.15, -0.1) is 0 Å². The van der Waals surface area contributed by atoms with Gasteiger partial charge in [0.05, 0.1) is 6.07 Å². The summed E-state index contributed by atoms with van der Waals surface area (Å²) in [5.74, 6) is -0.650. The maximum absolute atomic E-state index is 10.4. The van der Waals surface area contributed by atoms with Gasteiger partial charge in [-0.2, -0.15) is 5.26 Å². The molecule has 0 saturated carbocycles. The Morgan fingerprint density at radius 1 is 1.58 bits per heavy atom. The van der Waals surface area contributed by atoms with Crippen molar-refractivity contribution in [3.63, 3.8) is 0 Å². The van der Waals surface area contributed by atoms with Gasteiger partial charge in [0.2, 0.25) is 0 Å². The number of carbonyl (C=O) groups excluding carboxylic acids is 1. The molecule has 0 aliphatic rings. The van der Waals surface area contributed by atoms with Crippen LogP contribution in [0.2, 0.25) is 0 Å². The monoisotopic (exact) mass is 223 g/mol. The molecule has 0 heterocycles. The van der Waals surface area contributed by atoms with E-state index < -0.39 is 5.92 Å². The number of carbonyl (C=O) groups is 1. The van der Waals surface area contributed by atoms with Gasteiger partial charge < -0.3 is 4.79 Å². The Balaban J connectivity index is 3.03. The second-order valence-corrected chi connectivity index (χ2v) is 3.21. The molecule has 0 radical (unpaired) electrons. The number of benzene rings is 1. The summed E-state index contributed by atoms with van der Waals surface area (Å²) in [6.45, 7) is 0. The molecule has 0 aliphatic carbocycles. The largest absolute Gasteiger partial charge is 0.302 e. The Morgan fingerprint density at radius 3 is 2.83 bits per heavy atom. The number of rotatable bonds is 2. The SMILES string of the molecule is N#CC(C=O)c1cccc(Br)c1. The first kappa shape index (κ1) is 8.95. The second-order valence-electron chi connectivity index (χ2n) is 2.30. The third-order valence-electron chi connectivity index (χ3n) is 1.48. The molecule has 0 amide bonds. The van der Waals surface area contributed by atoms with Crippen LogP contribution in [0, 0.1) is 11.3 Å². The van der Waals surface area contributed by atoms with Crippen LogP contribution in [-0.4, -0.2) is 6.29 Å². The number of hydrogen-bond acceptors (Lipinski definition) is 2. The predicted octanol–water partition coefficient (Wildman–Crippen LogP) is 2.26. The molecule has 0 fully saturated rings. The van der Waals surface area contributed by atoms with E-state index in [-0.39, 0.29) is 0 Å². The van der Waals surface area contributed by atoms with Crippen molar-refractivity contribution in [3.8, 4) is 6.07 Å². The van der Waals surface area contributed by atoms with Gasteiger partial charge in [-0.25, -0.2) is 0 Å². The lowest BCUT2D eigenvalue weighted by Crippen LogP contribution is -1.95. The average Bonchev–Trinajstić information content (AvgIpc) is 2.07. The van der Waals surface area contributed by atoms with Gasteiger partial charge in [-0.1, -0.05) is 28.1 Å². The van der Waals surface area contributed by atoms with Gasteiger partial charge in [0.1, 0.15) is 12.2 Å². The zero-order valence-corrected chi connectivity index (χ0v) is 7.78. The van der Waals surface area contributed by atoms with E-state index in [0.29, 0.717) is 6.29 Å². The van der Waals surface area contributed by atoms with Crippen molar-refractivity contribution in [1.82, 2.24) is 0 Å². The first-order valence-corrected chi connectivity index (χ1v) is 4.17. The van der Waals surface area contributed by atoms with E-state index in [1.54, 1.807) is 18.2 Å². The molecule has 0 N–H and O–H groups in total. The van der Waals surface area contributed by atoms with Crippen LogP contribution in [0.4, 0.5) is 0 Å². The lowest BCUT2D eigenvalue weighted by Gasteiger charge is -2.00. The highest BCUT2D eigenvalue weighted by atomic mass is 79.9. The summed E-state index contributed by atoms with van der Waals surface area (Å²) in [7, 11) is 0. The molecule has 0 saturated heterocycles. The van der Waals surface area contributed by atoms with Crippen molar-refractivity contribution in [3.05, 3.63) is 34.3 Å². The summed E-state index contributed by atoms with van der Waals surface area (Å²) >= 11 is 3.26. The van der Waals surface area contributed by atoms with Crippen molar-refractivity contribution in [2.45, 2.75) is 5.92 Å². The minimum Gasteiger partial charge on any atom is -0.302 e. The Morgan fingerprint density at radius 2 is 2.33 bits per heavy atom. The van der Waals surface area contributed by atoms with E-state index in [2.05, 4.69) is 15.9 Å². The number of nitrogens with zero attached hydrogens (tertiary/aromatic N) is 1. The summed E-state index contributed by atoms with van der Waals surface area (Å²) in [6.07, 6.45) is 0.641. The van der Waals surface area contributed by atoms with E-state index in [0.717, 1.165) is 10.0 Å². The van der Waals surface area contributed by atoms with Gasteiger partial charge in [0, 0.05) is 4.47 Å². The molecule has 1 atom stereocenters. The molecule has 1 unspecified atom stereocenters. The lowest BCUT2D eigenvalue weighted by atomic mass is 10.0. The minimum atomic E-state index is -0.650. The molecule has 0 bridgehead atoms. The molecule has 3 heteroatoms. The van der Waals surface area contributed by atoms with E-state index >= 15 is 0 Å². The van der Waals surface area contributed by atoms with Crippen LogP contribution in [0.15, 0.2) is 28.7 Å². The highest BCUT2D eigenvalue weighted by Crippen LogP contribution is 2.17. The summed E-state index contributed by atoms with van der Waals surface area (Å²) in [6, 6.07) is 9.08. The van der Waals surface area contributed by atoms with Crippen LogP contribution in [-0.2, 0) is 4.79 Å². The number of halogens is 1. The maximum atomic E-state index is 10.4. The van der Waals surface area contributed by atoms with Crippen LogP contribution in [0.25, 0.3) is 0 Å². The number of hydrogen-bond donors (Lipinski definition) is 0. The first-order valence-electron chi connectivity index (χ1n) is 3.38. The molecule has 2 nitrogen and oxygen atoms in total. The molecule has 0 aliphatic heterocycles. The molecule has 60 valence electrons. The van der Waals surface area contributed by atoms with Crippen molar-refractivity contribution < 1.29 is 4.79 Å². The standard InChI is InChI=1S/C9H6BrNO/c10-9-3-1-2-7(4-9)8(5-11)6-12/h1-4,6,8H. The van der Waals surface area contributed by atoms with Gasteiger partial charge in [-0.3, -0.25) is 0 Å². The van der Waals surface area contributed by atoms with Crippen LogP contribution < -0.4 is 0 Å². The van der Waals surface area contributed by atoms with E-state index in [4.69, 9.17) is 5.26 Å². The summed E-state index contributed by atoms with van der Waals surface area (Å²) in [5, 5.41) is 8.57. The predicted molar refractivity (Wildman–Crippen MR) is 48.6 cm³/mol. The van der Waals surface area contributed by atoms with Crippen LogP contribution in [0.1, 0.15) is 11.5 Å². The van der Waals surface area contributed by atoms with Crippen molar-refractivity contribution >= 4 is 22.2 Å². The van der Waals surface area contributed by atoms with Crippen molar-refractivity contribution in [2.75, 3.05) is 0 Å². The van der Waals surface area contributed by atoms with Crippen LogP contribution in [0.5, 0.6) is 0 Å². The first-order chi connectivity index (χ1) is 5.77. The molecule has 1 aromatic rings. The van der Waals surface area contributed by atoms with Gasteiger partial charge in [0.25, 0.3) is 0 Å². The summed E-state index contributed by atoms with van der Waals surface area (Å²) in [4.78, 5) is 10.4. The van der Waals surface area contributed by atoms with Crippen LogP contribution in [0.3, 0.4) is 0 Å². The Hall–Kier alpha value is -1.14.